The normalized spacial score (nSPS) is 13.4. The number of nitrogens with zero attached hydrogens (tertiary/aromatic N) is 1. The van der Waals surface area contributed by atoms with E-state index in [-0.39, 0.29) is 16.2 Å². The molecular weight excluding hydrogens is 787 g/mol. The third-order valence-electron chi connectivity index (χ3n) is 14.0. The van der Waals surface area contributed by atoms with Gasteiger partial charge >= 0.3 is 0 Å². The molecule has 0 fully saturated rings. The zero-order valence-electron chi connectivity index (χ0n) is 38.8. The third kappa shape index (κ3) is 6.69. The van der Waals surface area contributed by atoms with Crippen LogP contribution in [-0.2, 0) is 16.2 Å². The van der Waals surface area contributed by atoms with E-state index in [2.05, 4.69) is 242 Å². The Labute approximate surface area is 383 Å². The minimum atomic E-state index is -0.162. The standard InChI is InChI=1S/C63H55NO/c1-61(2,3)43-36-42(37-44(39-43)62(4,5)6)47-27-16-20-40-21-17-29-49(58(40)47)48-24-10-13-32-54(48)64(55-33-19-31-53-60(55)50-25-9-12-30-52(50)63(53,7)8)45-23-15-22-41(38-45)46-28-18-35-57-59(46)51-26-11-14-34-56(51)65-57/h9-39H,1-8H3. The van der Waals surface area contributed by atoms with E-state index < -0.39 is 0 Å². The fraction of sp³-hybridized carbons (Fsp3) is 0.175. The molecule has 0 saturated heterocycles. The number of hydrogen-bond donors (Lipinski definition) is 0. The Hall–Kier alpha value is -7.16. The van der Waals surface area contributed by atoms with E-state index in [1.165, 1.54) is 66.4 Å². The van der Waals surface area contributed by atoms with Gasteiger partial charge in [0.2, 0.25) is 0 Å². The van der Waals surface area contributed by atoms with E-state index in [1.54, 1.807) is 0 Å². The quantitative estimate of drug-likeness (QED) is 0.166. The number of para-hydroxylation sites is 2. The number of rotatable bonds is 6. The molecule has 0 atom stereocenters. The van der Waals surface area contributed by atoms with E-state index in [1.807, 2.05) is 6.07 Å². The van der Waals surface area contributed by atoms with E-state index in [0.717, 1.165) is 50.1 Å². The lowest BCUT2D eigenvalue weighted by Gasteiger charge is -2.31. The number of benzene rings is 9. The summed E-state index contributed by atoms with van der Waals surface area (Å²) in [5.74, 6) is 0. The second kappa shape index (κ2) is 15.0. The Morgan fingerprint density at radius 3 is 1.72 bits per heavy atom. The first-order chi connectivity index (χ1) is 31.3. The van der Waals surface area contributed by atoms with Crippen LogP contribution in [-0.4, -0.2) is 0 Å². The van der Waals surface area contributed by atoms with E-state index in [0.29, 0.717) is 0 Å². The van der Waals surface area contributed by atoms with Gasteiger partial charge in [0.05, 0.1) is 11.4 Å². The molecule has 1 aromatic heterocycles. The lowest BCUT2D eigenvalue weighted by Crippen LogP contribution is -2.16. The molecule has 318 valence electrons. The molecule has 1 heterocycles. The van der Waals surface area contributed by atoms with Crippen LogP contribution in [0.1, 0.15) is 77.6 Å². The molecule has 1 aliphatic rings. The zero-order valence-corrected chi connectivity index (χ0v) is 38.8. The van der Waals surface area contributed by atoms with Gasteiger partial charge in [0.25, 0.3) is 0 Å². The van der Waals surface area contributed by atoms with Gasteiger partial charge in [-0.1, -0.05) is 207 Å². The maximum Gasteiger partial charge on any atom is 0.136 e. The van der Waals surface area contributed by atoms with Crippen molar-refractivity contribution in [2.24, 2.45) is 0 Å². The Balaban J connectivity index is 1.19. The molecular formula is C63H55NO. The van der Waals surface area contributed by atoms with E-state index in [4.69, 9.17) is 4.42 Å². The summed E-state index contributed by atoms with van der Waals surface area (Å²) in [5.41, 5.74) is 20.1. The molecule has 0 bridgehead atoms. The Kier molecular flexibility index (Phi) is 9.35. The van der Waals surface area contributed by atoms with Crippen LogP contribution >= 0.6 is 0 Å². The van der Waals surface area contributed by atoms with Crippen LogP contribution in [0.25, 0.3) is 77.2 Å². The third-order valence-corrected chi connectivity index (χ3v) is 14.0. The summed E-state index contributed by atoms with van der Waals surface area (Å²) >= 11 is 0. The highest BCUT2D eigenvalue weighted by Gasteiger charge is 2.38. The van der Waals surface area contributed by atoms with Gasteiger partial charge in [0.1, 0.15) is 11.2 Å². The van der Waals surface area contributed by atoms with Crippen LogP contribution in [0.2, 0.25) is 0 Å². The van der Waals surface area contributed by atoms with Gasteiger partial charge < -0.3 is 9.32 Å². The largest absolute Gasteiger partial charge is 0.456 e. The molecule has 0 amide bonds. The van der Waals surface area contributed by atoms with Crippen molar-refractivity contribution in [1.82, 2.24) is 0 Å². The van der Waals surface area contributed by atoms with Crippen molar-refractivity contribution in [3.63, 3.8) is 0 Å². The fourth-order valence-electron chi connectivity index (χ4n) is 10.5. The lowest BCUT2D eigenvalue weighted by atomic mass is 9.78. The molecule has 10 aromatic rings. The van der Waals surface area contributed by atoms with Crippen LogP contribution in [0.4, 0.5) is 17.1 Å². The summed E-state index contributed by atoms with van der Waals surface area (Å²) in [4.78, 5) is 2.53. The molecule has 0 spiro atoms. The molecule has 11 rings (SSSR count). The van der Waals surface area contributed by atoms with Crippen molar-refractivity contribution in [3.8, 4) is 44.5 Å². The maximum atomic E-state index is 6.41. The number of anilines is 3. The van der Waals surface area contributed by atoms with Crippen LogP contribution in [0, 0.1) is 0 Å². The smallest absolute Gasteiger partial charge is 0.136 e. The number of fused-ring (bicyclic) bond motifs is 7. The monoisotopic (exact) mass is 841 g/mol. The Morgan fingerprint density at radius 2 is 0.969 bits per heavy atom. The minimum absolute atomic E-state index is 0.00950. The van der Waals surface area contributed by atoms with Crippen molar-refractivity contribution in [2.75, 3.05) is 4.90 Å². The fourth-order valence-corrected chi connectivity index (χ4v) is 10.5. The first kappa shape index (κ1) is 40.6. The van der Waals surface area contributed by atoms with Crippen LogP contribution in [0.15, 0.2) is 192 Å². The van der Waals surface area contributed by atoms with E-state index in [9.17, 15) is 0 Å². The van der Waals surface area contributed by atoms with Crippen LogP contribution in [0.3, 0.4) is 0 Å². The summed E-state index contributed by atoms with van der Waals surface area (Å²) in [7, 11) is 0. The Bertz CT molecular complexity index is 3460. The van der Waals surface area contributed by atoms with Gasteiger partial charge in [-0.2, -0.15) is 0 Å². The van der Waals surface area contributed by atoms with Crippen molar-refractivity contribution >= 4 is 49.8 Å². The predicted octanol–water partition coefficient (Wildman–Crippen LogP) is 18.1. The highest BCUT2D eigenvalue weighted by atomic mass is 16.3. The highest BCUT2D eigenvalue weighted by molar-refractivity contribution is 6.13. The summed E-state index contributed by atoms with van der Waals surface area (Å²) in [6, 6.07) is 69.8. The minimum Gasteiger partial charge on any atom is -0.456 e. The highest BCUT2D eigenvalue weighted by Crippen LogP contribution is 2.55. The first-order valence-corrected chi connectivity index (χ1v) is 23.1. The van der Waals surface area contributed by atoms with Gasteiger partial charge in [0, 0.05) is 33.0 Å². The van der Waals surface area contributed by atoms with Gasteiger partial charge in [0.15, 0.2) is 0 Å². The molecule has 65 heavy (non-hydrogen) atoms. The molecule has 2 nitrogen and oxygen atoms in total. The second-order valence-electron chi connectivity index (χ2n) is 20.6. The second-order valence-corrected chi connectivity index (χ2v) is 20.6. The predicted molar refractivity (Wildman–Crippen MR) is 277 cm³/mol. The molecule has 0 radical (unpaired) electrons. The van der Waals surface area contributed by atoms with Gasteiger partial charge in [-0.3, -0.25) is 0 Å². The average Bonchev–Trinajstić information content (AvgIpc) is 3.80. The van der Waals surface area contributed by atoms with Gasteiger partial charge in [-0.15, -0.1) is 0 Å². The van der Waals surface area contributed by atoms with Crippen LogP contribution in [0.5, 0.6) is 0 Å². The van der Waals surface area contributed by atoms with E-state index >= 15 is 0 Å². The van der Waals surface area contributed by atoms with Gasteiger partial charge in [-0.25, -0.2) is 0 Å². The molecule has 0 aliphatic heterocycles. The molecule has 1 aliphatic carbocycles. The number of furan rings is 1. The average molecular weight is 842 g/mol. The van der Waals surface area contributed by atoms with Crippen molar-refractivity contribution in [3.05, 3.63) is 210 Å². The topological polar surface area (TPSA) is 16.4 Å². The summed E-state index contributed by atoms with van der Waals surface area (Å²) in [6.45, 7) is 18.7. The van der Waals surface area contributed by atoms with Crippen molar-refractivity contribution in [1.29, 1.82) is 0 Å². The molecule has 0 saturated carbocycles. The van der Waals surface area contributed by atoms with Crippen LogP contribution < -0.4 is 4.90 Å². The molecule has 9 aromatic carbocycles. The Morgan fingerprint density at radius 1 is 0.415 bits per heavy atom. The molecule has 0 unspecified atom stereocenters. The SMILES string of the molecule is CC(C)(C)c1cc(-c2cccc3cccc(-c4ccccc4N(c4cccc(-c5cccc6oc7ccccc7c56)c4)c4cccc5c4-c4ccccc4C5(C)C)c23)cc(C(C)(C)C)c1. The summed E-state index contributed by atoms with van der Waals surface area (Å²) in [5, 5.41) is 4.74. The zero-order chi connectivity index (χ0) is 44.8. The molecule has 2 heteroatoms. The summed E-state index contributed by atoms with van der Waals surface area (Å²) in [6.07, 6.45) is 0. The van der Waals surface area contributed by atoms with Gasteiger partial charge in [-0.05, 0) is 114 Å². The summed E-state index contributed by atoms with van der Waals surface area (Å²) < 4.78 is 6.41. The van der Waals surface area contributed by atoms with Crippen molar-refractivity contribution < 1.29 is 4.42 Å². The van der Waals surface area contributed by atoms with Crippen molar-refractivity contribution in [2.45, 2.75) is 71.6 Å². The molecule has 0 N–H and O–H groups in total. The first-order valence-electron chi connectivity index (χ1n) is 23.1. The number of hydrogen-bond acceptors (Lipinski definition) is 2. The maximum absolute atomic E-state index is 6.41. The lowest BCUT2D eigenvalue weighted by molar-refractivity contribution is 0.569.